The molecule has 1 atom stereocenters. The second kappa shape index (κ2) is 8.20. The van der Waals surface area contributed by atoms with Crippen LogP contribution in [-0.2, 0) is 19.1 Å². The number of carbonyl (C=O) groups excluding carboxylic acids is 2. The van der Waals surface area contributed by atoms with Crippen LogP contribution >= 0.6 is 11.6 Å². The lowest BCUT2D eigenvalue weighted by Crippen LogP contribution is -2.30. The number of hydrogen-bond donors (Lipinski definition) is 0. The fourth-order valence-electron chi connectivity index (χ4n) is 2.25. The van der Waals surface area contributed by atoms with E-state index in [4.69, 9.17) is 21.1 Å². The zero-order chi connectivity index (χ0) is 14.3. The highest BCUT2D eigenvalue weighted by Gasteiger charge is 2.32. The van der Waals surface area contributed by atoms with E-state index in [2.05, 4.69) is 0 Å². The summed E-state index contributed by atoms with van der Waals surface area (Å²) in [7, 11) is 0. The van der Waals surface area contributed by atoms with Gasteiger partial charge in [-0.1, -0.05) is 17.7 Å². The van der Waals surface area contributed by atoms with E-state index in [0.717, 1.165) is 24.3 Å². The first-order valence-corrected chi connectivity index (χ1v) is 7.14. The molecule has 1 unspecified atom stereocenters. The molecule has 5 heteroatoms. The molecule has 0 heterocycles. The van der Waals surface area contributed by atoms with Crippen molar-refractivity contribution in [3.05, 3.63) is 11.1 Å². The van der Waals surface area contributed by atoms with Gasteiger partial charge >= 0.3 is 11.9 Å². The summed E-state index contributed by atoms with van der Waals surface area (Å²) in [6.07, 6.45) is 4.98. The topological polar surface area (TPSA) is 52.6 Å². The molecule has 0 saturated heterocycles. The summed E-state index contributed by atoms with van der Waals surface area (Å²) in [6, 6.07) is 0. The Bertz CT molecular complexity index is 333. The van der Waals surface area contributed by atoms with Gasteiger partial charge in [-0.25, -0.2) is 0 Å². The highest BCUT2D eigenvalue weighted by Crippen LogP contribution is 2.31. The van der Waals surface area contributed by atoms with Crippen molar-refractivity contribution in [3.63, 3.8) is 0 Å². The van der Waals surface area contributed by atoms with Crippen molar-refractivity contribution in [1.82, 2.24) is 0 Å². The Morgan fingerprint density at radius 1 is 1.32 bits per heavy atom. The Hall–Kier alpha value is -1.03. The van der Waals surface area contributed by atoms with Crippen molar-refractivity contribution in [3.8, 4) is 0 Å². The molecule has 108 valence electrons. The molecule has 0 aromatic heterocycles. The van der Waals surface area contributed by atoms with Crippen LogP contribution in [0.3, 0.4) is 0 Å². The average molecular weight is 289 g/mol. The molecule has 0 bridgehead atoms. The molecule has 0 amide bonds. The Kier molecular flexibility index (Phi) is 6.92. The van der Waals surface area contributed by atoms with Gasteiger partial charge in [0.15, 0.2) is 5.92 Å². The average Bonchev–Trinajstić information content (AvgIpc) is 2.36. The lowest BCUT2D eigenvalue weighted by atomic mass is 9.85. The van der Waals surface area contributed by atoms with Gasteiger partial charge in [0.1, 0.15) is 0 Å². The van der Waals surface area contributed by atoms with Gasteiger partial charge in [-0.3, -0.25) is 9.59 Å². The summed E-state index contributed by atoms with van der Waals surface area (Å²) in [5.74, 6) is -1.58. The summed E-state index contributed by atoms with van der Waals surface area (Å²) in [6.45, 7) is 3.97. The Morgan fingerprint density at radius 2 is 1.89 bits per heavy atom. The third kappa shape index (κ3) is 5.23. The third-order valence-corrected chi connectivity index (χ3v) is 3.44. The first kappa shape index (κ1) is 16.0. The maximum Gasteiger partial charge on any atom is 0.320 e. The van der Waals surface area contributed by atoms with Gasteiger partial charge in [0.05, 0.1) is 13.2 Å². The van der Waals surface area contributed by atoms with E-state index in [9.17, 15) is 9.59 Å². The van der Waals surface area contributed by atoms with Crippen molar-refractivity contribution in [2.24, 2.45) is 11.8 Å². The SMILES string of the molecule is CCOC(=O)C(CC1CCC=C(Cl)C1)C(=O)OCC. The van der Waals surface area contributed by atoms with Crippen LogP contribution in [0.15, 0.2) is 11.1 Å². The van der Waals surface area contributed by atoms with Gasteiger partial charge in [0.2, 0.25) is 0 Å². The summed E-state index contributed by atoms with van der Waals surface area (Å²) in [5, 5.41) is 0.808. The molecule has 0 saturated carbocycles. The maximum absolute atomic E-state index is 11.8. The molecular formula is C14H21ClO4. The second-order valence-electron chi connectivity index (χ2n) is 4.59. The van der Waals surface area contributed by atoms with Crippen molar-refractivity contribution in [1.29, 1.82) is 0 Å². The minimum Gasteiger partial charge on any atom is -0.465 e. The van der Waals surface area contributed by atoms with Crippen molar-refractivity contribution >= 4 is 23.5 Å². The summed E-state index contributed by atoms with van der Waals surface area (Å²) in [4.78, 5) is 23.7. The Labute approximate surface area is 119 Å². The minimum absolute atomic E-state index is 0.233. The molecule has 1 rings (SSSR count). The van der Waals surface area contributed by atoms with Gasteiger partial charge < -0.3 is 9.47 Å². The van der Waals surface area contributed by atoms with E-state index in [0.29, 0.717) is 6.42 Å². The molecule has 0 fully saturated rings. The summed E-state index contributed by atoms with van der Waals surface area (Å²) < 4.78 is 9.91. The van der Waals surface area contributed by atoms with Crippen molar-refractivity contribution < 1.29 is 19.1 Å². The molecule has 0 radical (unpaired) electrons. The van der Waals surface area contributed by atoms with Crippen LogP contribution in [0.4, 0.5) is 0 Å². The quantitative estimate of drug-likeness (QED) is 0.557. The first-order valence-electron chi connectivity index (χ1n) is 6.76. The molecule has 0 aromatic carbocycles. The summed E-state index contributed by atoms with van der Waals surface area (Å²) >= 11 is 6.01. The number of esters is 2. The van der Waals surface area contributed by atoms with Gasteiger partial charge in [-0.15, -0.1) is 0 Å². The van der Waals surface area contributed by atoms with Crippen LogP contribution in [-0.4, -0.2) is 25.2 Å². The number of ether oxygens (including phenoxy) is 2. The molecule has 1 aliphatic carbocycles. The largest absolute Gasteiger partial charge is 0.465 e. The number of allylic oxidation sites excluding steroid dienone is 2. The van der Waals surface area contributed by atoms with Gasteiger partial charge in [-0.2, -0.15) is 0 Å². The number of rotatable bonds is 6. The van der Waals surface area contributed by atoms with E-state index in [-0.39, 0.29) is 19.1 Å². The van der Waals surface area contributed by atoms with E-state index in [1.807, 2.05) is 6.08 Å². The number of halogens is 1. The lowest BCUT2D eigenvalue weighted by Gasteiger charge is -2.23. The predicted octanol–water partition coefficient (Wildman–Crippen LogP) is 3.04. The molecule has 19 heavy (non-hydrogen) atoms. The van der Waals surface area contributed by atoms with E-state index in [1.54, 1.807) is 13.8 Å². The van der Waals surface area contributed by atoms with E-state index >= 15 is 0 Å². The molecular weight excluding hydrogens is 268 g/mol. The standard InChI is InChI=1S/C14H21ClO4/c1-3-18-13(16)12(14(17)19-4-2)9-10-6-5-7-11(15)8-10/h7,10,12H,3-6,8-9H2,1-2H3. The predicted molar refractivity (Wildman–Crippen MR) is 72.7 cm³/mol. The fraction of sp³-hybridized carbons (Fsp3) is 0.714. The minimum atomic E-state index is -0.826. The maximum atomic E-state index is 11.8. The highest BCUT2D eigenvalue weighted by atomic mass is 35.5. The van der Waals surface area contributed by atoms with E-state index < -0.39 is 17.9 Å². The van der Waals surface area contributed by atoms with Crippen molar-refractivity contribution in [2.45, 2.75) is 39.5 Å². The monoisotopic (exact) mass is 288 g/mol. The number of hydrogen-bond acceptors (Lipinski definition) is 4. The first-order chi connectivity index (χ1) is 9.08. The van der Waals surface area contributed by atoms with E-state index in [1.165, 1.54) is 0 Å². The summed E-state index contributed by atoms with van der Waals surface area (Å²) in [5.41, 5.74) is 0. The third-order valence-electron chi connectivity index (χ3n) is 3.14. The zero-order valence-corrected chi connectivity index (χ0v) is 12.2. The van der Waals surface area contributed by atoms with Crippen LogP contribution < -0.4 is 0 Å². The van der Waals surface area contributed by atoms with Crippen LogP contribution in [0.25, 0.3) is 0 Å². The van der Waals surface area contributed by atoms with Crippen LogP contribution in [0.5, 0.6) is 0 Å². The smallest absolute Gasteiger partial charge is 0.320 e. The molecule has 4 nitrogen and oxygen atoms in total. The molecule has 0 aromatic rings. The van der Waals surface area contributed by atoms with Gasteiger partial charge in [0, 0.05) is 5.03 Å². The molecule has 0 N–H and O–H groups in total. The second-order valence-corrected chi connectivity index (χ2v) is 5.08. The normalized spacial score (nSPS) is 18.9. The fourth-order valence-corrected chi connectivity index (χ4v) is 2.57. The number of carbonyl (C=O) groups is 2. The van der Waals surface area contributed by atoms with Crippen LogP contribution in [0, 0.1) is 11.8 Å². The van der Waals surface area contributed by atoms with Crippen molar-refractivity contribution in [2.75, 3.05) is 13.2 Å². The highest BCUT2D eigenvalue weighted by molar-refractivity contribution is 6.29. The van der Waals surface area contributed by atoms with Crippen LogP contribution in [0.2, 0.25) is 0 Å². The Morgan fingerprint density at radius 3 is 2.37 bits per heavy atom. The molecule has 0 aliphatic heterocycles. The molecule has 1 aliphatic rings. The Balaban J connectivity index is 2.65. The zero-order valence-electron chi connectivity index (χ0n) is 11.5. The molecule has 0 spiro atoms. The van der Waals surface area contributed by atoms with Crippen LogP contribution in [0.1, 0.15) is 39.5 Å². The lowest BCUT2D eigenvalue weighted by molar-refractivity contribution is -0.162. The van der Waals surface area contributed by atoms with Gasteiger partial charge in [-0.05, 0) is 45.4 Å². The van der Waals surface area contributed by atoms with Gasteiger partial charge in [0.25, 0.3) is 0 Å².